The van der Waals surface area contributed by atoms with E-state index < -0.39 is 11.2 Å². The van der Waals surface area contributed by atoms with E-state index in [-0.39, 0.29) is 6.09 Å². The number of carbonyl (C=O) groups excluding carboxylic acids is 1. The highest BCUT2D eigenvalue weighted by molar-refractivity contribution is 14.2. The van der Waals surface area contributed by atoms with Gasteiger partial charge in [0.25, 0.3) is 0 Å². The predicted molar refractivity (Wildman–Crippen MR) is 124 cm³/mol. The second-order valence-electron chi connectivity index (χ2n) is 8.45. The molecule has 158 valence electrons. The van der Waals surface area contributed by atoms with Crippen molar-refractivity contribution in [2.24, 2.45) is 0 Å². The SMILES string of the molecule is CC(C)(C)OC(=O)N1CCC2(C1)CN(c1nn(PI)c3cc(Cl)ncc13)CCO2. The smallest absolute Gasteiger partial charge is 0.410 e. The molecule has 0 saturated carbocycles. The maximum Gasteiger partial charge on any atom is 0.410 e. The number of likely N-dealkylation sites (tertiary alicyclic amines) is 1. The lowest BCUT2D eigenvalue weighted by molar-refractivity contribution is -0.0490. The quantitative estimate of drug-likeness (QED) is 0.318. The van der Waals surface area contributed by atoms with Gasteiger partial charge < -0.3 is 19.3 Å². The molecule has 2 unspecified atom stereocenters. The van der Waals surface area contributed by atoms with Gasteiger partial charge in [-0.2, -0.15) is 0 Å². The summed E-state index contributed by atoms with van der Waals surface area (Å²) in [4.78, 5) is 20.7. The zero-order valence-electron chi connectivity index (χ0n) is 16.6. The lowest BCUT2D eigenvalue weighted by Gasteiger charge is -2.40. The molecule has 8 nitrogen and oxygen atoms in total. The summed E-state index contributed by atoms with van der Waals surface area (Å²) >= 11 is 8.41. The van der Waals surface area contributed by atoms with Gasteiger partial charge in [0.15, 0.2) is 5.82 Å². The molecule has 2 saturated heterocycles. The van der Waals surface area contributed by atoms with Gasteiger partial charge in [-0.25, -0.2) is 14.2 Å². The molecule has 0 bridgehead atoms. The Balaban J connectivity index is 1.55. The Hall–Kier alpha value is -0.900. The number of ether oxygens (including phenoxy) is 2. The molecule has 0 radical (unpaired) electrons. The van der Waals surface area contributed by atoms with Crippen molar-refractivity contribution in [3.05, 3.63) is 17.4 Å². The molecule has 4 rings (SSSR count). The van der Waals surface area contributed by atoms with Crippen molar-refractivity contribution in [2.75, 3.05) is 37.7 Å². The molecule has 2 fully saturated rings. The molecular formula is C18H24ClIN5O3P. The van der Waals surface area contributed by atoms with Crippen LogP contribution in [0.1, 0.15) is 27.2 Å². The maximum atomic E-state index is 12.5. The fraction of sp³-hybridized carbons (Fsp3) is 0.611. The summed E-state index contributed by atoms with van der Waals surface area (Å²) in [6.45, 7) is 8.80. The largest absolute Gasteiger partial charge is 0.444 e. The molecular weight excluding hydrogens is 528 g/mol. The number of aromatic nitrogens is 3. The summed E-state index contributed by atoms with van der Waals surface area (Å²) < 4.78 is 13.7. The van der Waals surface area contributed by atoms with Crippen LogP contribution < -0.4 is 4.90 Å². The third kappa shape index (κ3) is 4.43. The van der Waals surface area contributed by atoms with Crippen LogP contribution >= 0.6 is 40.0 Å². The number of halogens is 2. The van der Waals surface area contributed by atoms with Gasteiger partial charge in [0, 0.05) is 25.4 Å². The second-order valence-corrected chi connectivity index (χ2v) is 10.9. The molecule has 2 atom stereocenters. The highest BCUT2D eigenvalue weighted by atomic mass is 127. The summed E-state index contributed by atoms with van der Waals surface area (Å²) in [6, 6.07) is 1.86. The van der Waals surface area contributed by atoms with Crippen LogP contribution in [-0.4, -0.2) is 69.5 Å². The number of pyridine rings is 1. The van der Waals surface area contributed by atoms with Crippen molar-refractivity contribution in [3.8, 4) is 0 Å². The average molecular weight is 552 g/mol. The van der Waals surface area contributed by atoms with Gasteiger partial charge in [0.05, 0.1) is 37.0 Å². The normalized spacial score (nSPS) is 23.1. The first kappa shape index (κ1) is 21.3. The fourth-order valence-corrected chi connectivity index (χ4v) is 5.53. The topological polar surface area (TPSA) is 72.7 Å². The van der Waals surface area contributed by atoms with Crippen molar-refractivity contribution in [3.63, 3.8) is 0 Å². The molecule has 4 heterocycles. The van der Waals surface area contributed by atoms with Gasteiger partial charge in [-0.3, -0.25) is 0 Å². The maximum absolute atomic E-state index is 12.5. The number of fused-ring (bicyclic) bond motifs is 1. The number of hydrogen-bond acceptors (Lipinski definition) is 6. The van der Waals surface area contributed by atoms with Gasteiger partial charge in [-0.05, 0) is 49.2 Å². The molecule has 1 amide bonds. The lowest BCUT2D eigenvalue weighted by Crippen LogP contribution is -2.54. The van der Waals surface area contributed by atoms with Crippen molar-refractivity contribution in [1.29, 1.82) is 0 Å². The van der Waals surface area contributed by atoms with Crippen LogP contribution in [-0.2, 0) is 9.47 Å². The van der Waals surface area contributed by atoms with Crippen LogP contribution in [0.15, 0.2) is 12.3 Å². The Kier molecular flexibility index (Phi) is 5.87. The van der Waals surface area contributed by atoms with Gasteiger partial charge in [-0.15, -0.1) is 5.10 Å². The van der Waals surface area contributed by atoms with Gasteiger partial charge in [0.1, 0.15) is 16.4 Å². The van der Waals surface area contributed by atoms with Crippen LogP contribution in [0.4, 0.5) is 10.6 Å². The van der Waals surface area contributed by atoms with E-state index >= 15 is 0 Å². The minimum Gasteiger partial charge on any atom is -0.444 e. The number of morpholine rings is 1. The molecule has 29 heavy (non-hydrogen) atoms. The van der Waals surface area contributed by atoms with E-state index in [2.05, 4.69) is 31.9 Å². The summed E-state index contributed by atoms with van der Waals surface area (Å²) in [5.41, 5.74) is 0.0691. The van der Waals surface area contributed by atoms with Crippen molar-refractivity contribution in [1.82, 2.24) is 19.4 Å². The first-order valence-electron chi connectivity index (χ1n) is 9.47. The van der Waals surface area contributed by atoms with E-state index in [1.54, 1.807) is 11.1 Å². The van der Waals surface area contributed by atoms with Crippen molar-refractivity contribution >= 4 is 62.8 Å². The Bertz CT molecular complexity index is 936. The predicted octanol–water partition coefficient (Wildman–Crippen LogP) is 4.09. The monoisotopic (exact) mass is 551 g/mol. The van der Waals surface area contributed by atoms with E-state index in [0.29, 0.717) is 37.8 Å². The van der Waals surface area contributed by atoms with E-state index in [1.165, 1.54) is 0 Å². The Morgan fingerprint density at radius 2 is 2.17 bits per heavy atom. The van der Waals surface area contributed by atoms with Crippen LogP contribution in [0, 0.1) is 0 Å². The van der Waals surface area contributed by atoms with Crippen LogP contribution in [0.5, 0.6) is 0 Å². The zero-order chi connectivity index (χ0) is 20.8. The molecule has 0 N–H and O–H groups in total. The van der Waals surface area contributed by atoms with E-state index in [9.17, 15) is 4.79 Å². The number of rotatable bonds is 2. The van der Waals surface area contributed by atoms with Crippen LogP contribution in [0.3, 0.4) is 0 Å². The van der Waals surface area contributed by atoms with E-state index in [4.69, 9.17) is 26.2 Å². The number of nitrogens with zero attached hydrogens (tertiary/aromatic N) is 5. The van der Waals surface area contributed by atoms with E-state index in [0.717, 1.165) is 29.7 Å². The molecule has 11 heteroatoms. The van der Waals surface area contributed by atoms with Crippen LogP contribution in [0.2, 0.25) is 5.15 Å². The number of carbonyl (C=O) groups is 1. The first-order chi connectivity index (χ1) is 13.7. The number of hydrogen-bond donors (Lipinski definition) is 0. The molecule has 0 aromatic carbocycles. The Morgan fingerprint density at radius 3 is 2.90 bits per heavy atom. The fourth-order valence-electron chi connectivity index (χ4n) is 3.87. The molecule has 0 aliphatic carbocycles. The minimum atomic E-state index is -0.507. The third-order valence-corrected chi connectivity index (χ3v) is 7.19. The Labute approximate surface area is 189 Å². The van der Waals surface area contributed by atoms with Gasteiger partial charge in [-0.1, -0.05) is 11.6 Å². The van der Waals surface area contributed by atoms with Crippen molar-refractivity contribution < 1.29 is 14.3 Å². The average Bonchev–Trinajstić information content (AvgIpc) is 3.22. The molecule has 1 spiro atoms. The highest BCUT2D eigenvalue weighted by Gasteiger charge is 2.46. The standard InChI is InChI=1S/C18H24ClIN5O3P/c1-17(2,3)28-16(26)24-5-4-18(11-24)10-23(6-7-27-18)15-12-9-21-14(19)8-13(12)25(22-15)29-20/h8-9,29H,4-7,10-11H2,1-3H3. The summed E-state index contributed by atoms with van der Waals surface area (Å²) in [6.07, 6.45) is 2.75. The first-order valence-corrected chi connectivity index (χ1v) is 13.9. The van der Waals surface area contributed by atoms with E-state index in [1.807, 2.05) is 31.3 Å². The van der Waals surface area contributed by atoms with Gasteiger partial charge in [0.2, 0.25) is 0 Å². The molecule has 2 aliphatic rings. The van der Waals surface area contributed by atoms with Crippen molar-refractivity contribution in [2.45, 2.75) is 38.4 Å². The highest BCUT2D eigenvalue weighted by Crippen LogP contribution is 2.37. The summed E-state index contributed by atoms with van der Waals surface area (Å²) in [5, 5.41) is 6.26. The zero-order valence-corrected chi connectivity index (χ0v) is 20.5. The second kappa shape index (κ2) is 7.98. The van der Waals surface area contributed by atoms with Crippen LogP contribution in [0.25, 0.3) is 10.9 Å². The lowest BCUT2D eigenvalue weighted by atomic mass is 10.0. The molecule has 2 aliphatic heterocycles. The number of anilines is 1. The minimum absolute atomic E-state index is 0.283. The third-order valence-electron chi connectivity index (χ3n) is 5.11. The summed E-state index contributed by atoms with van der Waals surface area (Å²) in [7, 11) is 0. The Morgan fingerprint density at radius 1 is 1.38 bits per heavy atom. The van der Waals surface area contributed by atoms with Gasteiger partial charge >= 0.3 is 6.09 Å². The molecule has 2 aromatic rings. The summed E-state index contributed by atoms with van der Waals surface area (Å²) in [5.74, 6) is 0.895. The molecule has 2 aromatic heterocycles. The number of amides is 1.